The van der Waals surface area contributed by atoms with Gasteiger partial charge in [-0.15, -0.1) is 0 Å². The lowest BCUT2D eigenvalue weighted by Gasteiger charge is -2.32. The summed E-state index contributed by atoms with van der Waals surface area (Å²) in [4.78, 5) is 45.9. The van der Waals surface area contributed by atoms with Gasteiger partial charge in [-0.2, -0.15) is 0 Å². The molecule has 0 aliphatic rings. The monoisotopic (exact) mass is 545 g/mol. The molecule has 0 aliphatic carbocycles. The molecule has 1 atom stereocenters. The molecule has 2 amide bonds. The Hall–Kier alpha value is -4.43. The van der Waals surface area contributed by atoms with Crippen molar-refractivity contribution in [1.82, 2.24) is 10.3 Å². The number of carbonyl (C=O) groups excluding carboxylic acids is 3. The quantitative estimate of drug-likeness (QED) is 0.227. The highest BCUT2D eigenvalue weighted by Gasteiger charge is 2.36. The molecule has 1 heterocycles. The average molecular weight is 546 g/mol. The van der Waals surface area contributed by atoms with Gasteiger partial charge in [0.1, 0.15) is 23.5 Å². The fraction of sp³-hybridized carbons (Fsp3) is 0.200. The molecule has 1 N–H and O–H groups in total. The van der Waals surface area contributed by atoms with Gasteiger partial charge in [-0.3, -0.25) is 19.3 Å². The molecule has 39 heavy (non-hydrogen) atoms. The van der Waals surface area contributed by atoms with Gasteiger partial charge in [0.15, 0.2) is 0 Å². The van der Waals surface area contributed by atoms with E-state index in [9.17, 15) is 14.4 Å². The van der Waals surface area contributed by atoms with Crippen molar-refractivity contribution in [1.29, 1.82) is 0 Å². The molecule has 0 saturated heterocycles. The fourth-order valence-electron chi connectivity index (χ4n) is 4.13. The number of hydrogen-bond donors (Lipinski definition) is 1. The van der Waals surface area contributed by atoms with Gasteiger partial charge in [0.25, 0.3) is 5.91 Å². The van der Waals surface area contributed by atoms with Gasteiger partial charge in [0.2, 0.25) is 5.91 Å². The van der Waals surface area contributed by atoms with Crippen LogP contribution in [-0.2, 0) is 14.3 Å². The third kappa shape index (κ3) is 6.35. The average Bonchev–Trinajstić information content (AvgIpc) is 2.95. The van der Waals surface area contributed by atoms with Crippen LogP contribution in [-0.4, -0.2) is 43.0 Å². The summed E-state index contributed by atoms with van der Waals surface area (Å²) in [5, 5.41) is 3.40. The number of aryl methyl sites for hydroxylation is 1. The summed E-state index contributed by atoms with van der Waals surface area (Å²) in [6, 6.07) is 21.6. The van der Waals surface area contributed by atoms with E-state index in [0.717, 1.165) is 10.9 Å². The van der Waals surface area contributed by atoms with E-state index in [0.29, 0.717) is 28.1 Å². The highest BCUT2D eigenvalue weighted by Crippen LogP contribution is 2.35. The molecule has 3 aromatic carbocycles. The molecule has 1 aromatic heterocycles. The van der Waals surface area contributed by atoms with E-state index < -0.39 is 23.8 Å². The molecule has 0 saturated carbocycles. The topological polar surface area (TPSA) is 97.8 Å². The number of hydrogen-bond acceptors (Lipinski definition) is 6. The number of esters is 1. The Kier molecular flexibility index (Phi) is 8.78. The number of pyridine rings is 1. The van der Waals surface area contributed by atoms with Crippen molar-refractivity contribution in [3.05, 3.63) is 101 Å². The number of anilines is 1. The summed E-state index contributed by atoms with van der Waals surface area (Å²) < 4.78 is 10.3. The van der Waals surface area contributed by atoms with Gasteiger partial charge in [-0.25, -0.2) is 4.98 Å². The van der Waals surface area contributed by atoms with Crippen molar-refractivity contribution in [2.75, 3.05) is 25.2 Å². The summed E-state index contributed by atoms with van der Waals surface area (Å²) in [5.74, 6) is -1.10. The Morgan fingerprint density at radius 1 is 1.00 bits per heavy atom. The first-order valence-electron chi connectivity index (χ1n) is 12.3. The summed E-state index contributed by atoms with van der Waals surface area (Å²) in [6.07, 6.45) is 0. The van der Waals surface area contributed by atoms with E-state index in [1.54, 1.807) is 55.5 Å². The first-order valence-corrected chi connectivity index (χ1v) is 12.7. The smallest absolute Gasteiger partial charge is 0.325 e. The number of carbonyl (C=O) groups is 3. The Bertz CT molecular complexity index is 1490. The fourth-order valence-corrected chi connectivity index (χ4v) is 4.38. The maximum absolute atomic E-state index is 14.1. The normalized spacial score (nSPS) is 11.5. The van der Waals surface area contributed by atoms with Gasteiger partial charge in [-0.05, 0) is 62.4 Å². The van der Waals surface area contributed by atoms with Crippen LogP contribution >= 0.6 is 11.6 Å². The van der Waals surface area contributed by atoms with Crippen molar-refractivity contribution < 1.29 is 23.9 Å². The van der Waals surface area contributed by atoms with Gasteiger partial charge in [0, 0.05) is 22.2 Å². The number of para-hydroxylation sites is 1. The summed E-state index contributed by atoms with van der Waals surface area (Å²) >= 11 is 6.66. The maximum Gasteiger partial charge on any atom is 0.325 e. The number of amides is 2. The van der Waals surface area contributed by atoms with Crippen LogP contribution in [0.2, 0.25) is 5.15 Å². The van der Waals surface area contributed by atoms with Gasteiger partial charge < -0.3 is 14.8 Å². The summed E-state index contributed by atoms with van der Waals surface area (Å²) in [7, 11) is 1.54. The number of fused-ring (bicyclic) bond motifs is 1. The lowest BCUT2D eigenvalue weighted by Crippen LogP contribution is -2.45. The van der Waals surface area contributed by atoms with Crippen LogP contribution < -0.4 is 15.0 Å². The number of aromatic nitrogens is 1. The first-order chi connectivity index (χ1) is 18.8. The zero-order valence-corrected chi connectivity index (χ0v) is 22.6. The molecule has 0 spiro atoms. The zero-order valence-electron chi connectivity index (χ0n) is 21.8. The molecule has 0 aliphatic heterocycles. The van der Waals surface area contributed by atoms with Crippen molar-refractivity contribution in [3.63, 3.8) is 0 Å². The number of methoxy groups -OCH3 is 1. The maximum atomic E-state index is 14.1. The van der Waals surface area contributed by atoms with E-state index >= 15 is 0 Å². The number of nitrogens with one attached hydrogen (secondary N) is 1. The molecule has 9 heteroatoms. The molecule has 1 unspecified atom stereocenters. The number of nitrogens with zero attached hydrogens (tertiary/aromatic N) is 2. The second kappa shape index (κ2) is 12.4. The predicted molar refractivity (Wildman–Crippen MR) is 150 cm³/mol. The van der Waals surface area contributed by atoms with Crippen molar-refractivity contribution >= 4 is 46.0 Å². The SMILES string of the molecule is CCOC(=O)CNC(=O)C(c1cc2ccccc2nc1Cl)N(C(=O)c1ccc(C)cc1)c1ccc(OC)cc1. The van der Waals surface area contributed by atoms with Crippen LogP contribution in [0.15, 0.2) is 78.9 Å². The second-order valence-electron chi connectivity index (χ2n) is 8.73. The van der Waals surface area contributed by atoms with Gasteiger partial charge in [0.05, 0.1) is 19.2 Å². The summed E-state index contributed by atoms with van der Waals surface area (Å²) in [6.45, 7) is 3.38. The second-order valence-corrected chi connectivity index (χ2v) is 9.08. The molecule has 4 aromatic rings. The standard InChI is InChI=1S/C30H28ClN3O5/c1-4-39-26(35)18-32-29(36)27(24-17-21-7-5-6-8-25(21)33-28(24)31)34(22-13-15-23(38-3)16-14-22)30(37)20-11-9-19(2)10-12-20/h5-17,27H,4,18H2,1-3H3,(H,32,36). The molecule has 200 valence electrons. The highest BCUT2D eigenvalue weighted by molar-refractivity contribution is 6.31. The van der Waals surface area contributed by atoms with Crippen molar-refractivity contribution in [3.8, 4) is 5.75 Å². The molecule has 0 fully saturated rings. The van der Waals surface area contributed by atoms with Crippen LogP contribution in [0.3, 0.4) is 0 Å². The molecule has 0 bridgehead atoms. The third-order valence-corrected chi connectivity index (χ3v) is 6.39. The summed E-state index contributed by atoms with van der Waals surface area (Å²) in [5.41, 5.74) is 2.70. The number of benzene rings is 3. The molecule has 8 nitrogen and oxygen atoms in total. The lowest BCUT2D eigenvalue weighted by atomic mass is 10.0. The number of rotatable bonds is 9. The van der Waals surface area contributed by atoms with Crippen LogP contribution in [0.4, 0.5) is 5.69 Å². The Balaban J connectivity index is 1.89. The van der Waals surface area contributed by atoms with E-state index in [-0.39, 0.29) is 18.3 Å². The zero-order chi connectivity index (χ0) is 27.9. The largest absolute Gasteiger partial charge is 0.497 e. The van der Waals surface area contributed by atoms with Gasteiger partial charge in [-0.1, -0.05) is 47.5 Å². The van der Waals surface area contributed by atoms with Crippen LogP contribution in [0.1, 0.15) is 34.5 Å². The van der Waals surface area contributed by atoms with Crippen LogP contribution in [0.5, 0.6) is 5.75 Å². The Morgan fingerprint density at radius 2 is 1.69 bits per heavy atom. The number of halogens is 1. The van der Waals surface area contributed by atoms with E-state index in [4.69, 9.17) is 21.1 Å². The van der Waals surface area contributed by atoms with E-state index in [1.165, 1.54) is 12.0 Å². The highest BCUT2D eigenvalue weighted by atomic mass is 35.5. The minimum Gasteiger partial charge on any atom is -0.497 e. The molecule has 0 radical (unpaired) electrons. The van der Waals surface area contributed by atoms with Crippen molar-refractivity contribution in [2.45, 2.75) is 19.9 Å². The van der Waals surface area contributed by atoms with Crippen LogP contribution in [0, 0.1) is 6.92 Å². The minimum atomic E-state index is -1.27. The first kappa shape index (κ1) is 27.6. The number of ether oxygens (including phenoxy) is 2. The van der Waals surface area contributed by atoms with Gasteiger partial charge >= 0.3 is 5.97 Å². The van der Waals surface area contributed by atoms with E-state index in [2.05, 4.69) is 10.3 Å². The minimum absolute atomic E-state index is 0.0557. The van der Waals surface area contributed by atoms with E-state index in [1.807, 2.05) is 37.3 Å². The van der Waals surface area contributed by atoms with Crippen molar-refractivity contribution in [2.24, 2.45) is 0 Å². The Labute approximate surface area is 231 Å². The lowest BCUT2D eigenvalue weighted by molar-refractivity contribution is -0.143. The molecule has 4 rings (SSSR count). The predicted octanol–water partition coefficient (Wildman–Crippen LogP) is 5.27. The molecular formula is C30H28ClN3O5. The molecular weight excluding hydrogens is 518 g/mol. The van der Waals surface area contributed by atoms with Crippen LogP contribution in [0.25, 0.3) is 10.9 Å². The third-order valence-electron chi connectivity index (χ3n) is 6.09. The Morgan fingerprint density at radius 3 is 2.36 bits per heavy atom.